The Morgan fingerprint density at radius 3 is 0.421 bits per heavy atom. The number of phenols is 8. The molecule has 688 valence electrons. The third-order valence-electron chi connectivity index (χ3n) is 19.9. The van der Waals surface area contributed by atoms with Crippen molar-refractivity contribution in [1.29, 1.82) is 0 Å². The van der Waals surface area contributed by atoms with Gasteiger partial charge in [-0.05, 0) is 326 Å². The molecule has 4 heterocycles. The van der Waals surface area contributed by atoms with Gasteiger partial charge in [0.1, 0.15) is 128 Å². The number of rotatable bonds is 8. The van der Waals surface area contributed by atoms with Gasteiger partial charge >= 0.3 is 26.2 Å². The molecule has 0 radical (unpaired) electrons. The van der Waals surface area contributed by atoms with Gasteiger partial charge in [0.15, 0.2) is 0 Å². The molecule has 0 fully saturated rings. The number of carbonyl (C=O) groups excluding carboxylic acids is 4. The van der Waals surface area contributed by atoms with Gasteiger partial charge < -0.3 is 99.4 Å². The molecular formula is C80H20Br16Cl16O20Zr. The summed E-state index contributed by atoms with van der Waals surface area (Å²) < 4.78 is 27.9. The molecular weight excluding hydrogens is 3220 g/mol. The van der Waals surface area contributed by atoms with E-state index in [1.54, 1.807) is 48.5 Å². The minimum Gasteiger partial charge on any atom is -0.545 e. The van der Waals surface area contributed by atoms with Gasteiger partial charge in [-0.1, -0.05) is 186 Å². The number of hydrogen-bond acceptors (Lipinski definition) is 20. The first-order valence-electron chi connectivity index (χ1n) is 34.2. The Balaban J connectivity index is 0.000000160. The monoisotopic (exact) mass is 3210 g/mol. The first-order valence-corrected chi connectivity index (χ1v) is 52.9. The fourth-order valence-corrected chi connectivity index (χ4v) is 28.3. The van der Waals surface area contributed by atoms with Crippen LogP contribution >= 0.6 is 440 Å². The fraction of sp³-hybridized carbons (Fsp3) is 0.0500. The van der Waals surface area contributed by atoms with E-state index in [0.29, 0.717) is 80.3 Å². The molecule has 4 aliphatic rings. The molecule has 12 aromatic rings. The van der Waals surface area contributed by atoms with Crippen molar-refractivity contribution in [3.8, 4) is 92.0 Å². The number of fused-ring (bicyclic) bond motifs is 8. The van der Waals surface area contributed by atoms with E-state index in [4.69, 9.17) is 205 Å². The van der Waals surface area contributed by atoms with E-state index in [0.717, 1.165) is 0 Å². The normalized spacial score (nSPS) is 12.8. The van der Waals surface area contributed by atoms with E-state index in [-0.39, 0.29) is 257 Å². The molecule has 0 spiro atoms. The molecule has 4 aliphatic heterocycles. The van der Waals surface area contributed by atoms with Crippen LogP contribution in [0.25, 0.3) is 0 Å². The van der Waals surface area contributed by atoms with E-state index in [1.807, 2.05) is 0 Å². The number of carbonyl (C=O) groups is 4. The third kappa shape index (κ3) is 19.5. The summed E-state index contributed by atoms with van der Waals surface area (Å²) in [5.41, 5.74) is 1.39. The minimum atomic E-state index is -1.63. The van der Waals surface area contributed by atoms with Crippen molar-refractivity contribution < 1.29 is 126 Å². The summed E-state index contributed by atoms with van der Waals surface area (Å²) in [5, 5.41) is 129. The topological polar surface area (TPSA) is 359 Å². The summed E-state index contributed by atoms with van der Waals surface area (Å²) in [6.45, 7) is 0. The van der Waals surface area contributed by atoms with E-state index in [1.165, 1.54) is 0 Å². The van der Waals surface area contributed by atoms with Crippen molar-refractivity contribution >= 4 is 464 Å². The average Bonchev–Trinajstić information content (AvgIpc) is 0.730. The van der Waals surface area contributed by atoms with E-state index < -0.39 is 69.8 Å². The zero-order valence-electron chi connectivity index (χ0n) is 62.0. The quantitative estimate of drug-likeness (QED) is 0.0517. The van der Waals surface area contributed by atoms with Crippen molar-refractivity contribution in [1.82, 2.24) is 0 Å². The molecule has 133 heavy (non-hydrogen) atoms. The maximum absolute atomic E-state index is 12.2. The molecule has 0 bridgehead atoms. The second-order valence-corrected chi connectivity index (χ2v) is 46.2. The second-order valence-electron chi connectivity index (χ2n) is 27.0. The van der Waals surface area contributed by atoms with Crippen molar-refractivity contribution in [2.45, 2.75) is 23.7 Å². The van der Waals surface area contributed by atoms with Gasteiger partial charge in [-0.3, -0.25) is 0 Å². The largest absolute Gasteiger partial charge is 4.00 e. The number of aromatic hydroxyl groups is 8. The summed E-state index contributed by atoms with van der Waals surface area (Å²) >= 11 is 154. The predicted octanol–water partition coefficient (Wildman–Crippen LogP) is 33.6. The van der Waals surface area contributed by atoms with Gasteiger partial charge in [0.2, 0.25) is 0 Å². The maximum atomic E-state index is 12.2. The van der Waals surface area contributed by atoms with Crippen LogP contribution in [0.5, 0.6) is 92.0 Å². The predicted molar refractivity (Wildman–Crippen MR) is 555 cm³/mol. The summed E-state index contributed by atoms with van der Waals surface area (Å²) in [6, 6.07) is 12.4. The molecule has 0 saturated heterocycles. The van der Waals surface area contributed by atoms with Crippen LogP contribution in [0.15, 0.2) is 120 Å². The Bertz CT molecular complexity index is 6180. The molecule has 53 heteroatoms. The summed E-state index contributed by atoms with van der Waals surface area (Å²) in [6.07, 6.45) is 0. The number of phenolic OH excluding ortho intramolecular Hbond substituents is 8. The Morgan fingerprint density at radius 1 is 0.211 bits per heavy atom. The van der Waals surface area contributed by atoms with Gasteiger partial charge in [0.05, 0.1) is 140 Å². The zero-order chi connectivity index (χ0) is 98.1. The fourth-order valence-electron chi connectivity index (χ4n) is 14.2. The van der Waals surface area contributed by atoms with Crippen molar-refractivity contribution in [2.75, 3.05) is 0 Å². The Kier molecular flexibility index (Phi) is 36.1. The number of halogens is 32. The summed E-state index contributed by atoms with van der Waals surface area (Å²) in [7, 11) is 0. The summed E-state index contributed by atoms with van der Waals surface area (Å²) in [4.78, 5) is 48.8. The smallest absolute Gasteiger partial charge is 0.545 e. The van der Waals surface area contributed by atoms with Crippen molar-refractivity contribution in [3.63, 3.8) is 0 Å². The number of aromatic carboxylic acids is 4. The zero-order valence-corrected chi connectivity index (χ0v) is 102. The number of carboxylic acid groups (broad SMARTS) is 4. The molecule has 0 amide bonds. The molecule has 8 N–H and O–H groups in total. The van der Waals surface area contributed by atoms with Gasteiger partial charge in [-0.25, -0.2) is 0 Å². The first kappa shape index (κ1) is 111. The van der Waals surface area contributed by atoms with Crippen LogP contribution in [0.3, 0.4) is 0 Å². The van der Waals surface area contributed by atoms with Crippen molar-refractivity contribution in [3.05, 3.63) is 289 Å². The van der Waals surface area contributed by atoms with Crippen LogP contribution in [0, 0.1) is 0 Å². The first-order chi connectivity index (χ1) is 61.5. The van der Waals surface area contributed by atoms with Gasteiger partial charge in [0.25, 0.3) is 0 Å². The molecule has 0 saturated carbocycles. The van der Waals surface area contributed by atoms with Crippen molar-refractivity contribution in [2.24, 2.45) is 0 Å². The molecule has 0 aromatic heterocycles. The molecule has 0 atom stereocenters. The Labute approximate surface area is 980 Å². The molecule has 12 aromatic carbocycles. The van der Waals surface area contributed by atoms with Crippen LogP contribution in [0.1, 0.15) is 132 Å². The average molecular weight is 3240 g/mol. The van der Waals surface area contributed by atoms with E-state index in [2.05, 4.69) is 255 Å². The molecule has 20 nitrogen and oxygen atoms in total. The molecule has 0 aliphatic carbocycles. The number of hydrogen-bond donors (Lipinski definition) is 8. The minimum absolute atomic E-state index is 0. The molecule has 0 unspecified atom stereocenters. The van der Waals surface area contributed by atoms with E-state index in [9.17, 15) is 80.5 Å². The Morgan fingerprint density at radius 2 is 0.316 bits per heavy atom. The third-order valence-corrected chi connectivity index (χ3v) is 37.9. The standard InChI is InChI=1S/4C20H6Br4Cl4O5.Zr/c4*21-5-1-3-7(8-9(20(31)32)13(26)15(28)14(27)12(8)25)4-2-6(22)17(30)11(24)19(4)33-18(3)10(23)16(5)29;/h4*1-2,7,29-30H,(H,31,32);/q;;;;+4/p-4. The van der Waals surface area contributed by atoms with Crippen LogP contribution in [0.2, 0.25) is 80.4 Å². The van der Waals surface area contributed by atoms with Gasteiger partial charge in [0, 0.05) is 90.4 Å². The summed E-state index contributed by atoms with van der Waals surface area (Å²) in [5.74, 6) is -10.4. The van der Waals surface area contributed by atoms with Crippen LogP contribution in [-0.2, 0) is 26.2 Å². The number of ether oxygens (including phenoxy) is 4. The van der Waals surface area contributed by atoms with Gasteiger partial charge in [-0.15, -0.1) is 0 Å². The number of benzene rings is 12. The SMILES string of the molecule is O=C([O-])c1c(Cl)c(Cl)c(Cl)c(Cl)c1C1c2cc(Br)c(O)c(Br)c2Oc2c1cc(Br)c(O)c2Br.O=C([O-])c1c(Cl)c(Cl)c(Cl)c(Cl)c1C1c2cc(Br)c(O)c(Br)c2Oc2c1cc(Br)c(O)c2Br.O=C([O-])c1c(Cl)c(Cl)c(Cl)c(Cl)c1C1c2cc(Br)c(O)c(Br)c2Oc2c1cc(Br)c(O)c2Br.O=C([O-])c1c(Cl)c(Cl)c(Cl)c(Cl)c1C1c2cc(Br)c(O)c(Br)c2Oc2c1cc(Br)c(O)c2Br.[Zr+4]. The second kappa shape index (κ2) is 43.2. The van der Waals surface area contributed by atoms with Crippen LogP contribution in [-0.4, -0.2) is 64.7 Å². The maximum Gasteiger partial charge on any atom is 4.00 e. The number of carboxylic acids is 4. The van der Waals surface area contributed by atoms with Gasteiger partial charge in [-0.2, -0.15) is 0 Å². The van der Waals surface area contributed by atoms with Crippen LogP contribution < -0.4 is 39.4 Å². The molecule has 16 rings (SSSR count). The van der Waals surface area contributed by atoms with E-state index >= 15 is 0 Å². The Hall–Kier alpha value is -0.677. The van der Waals surface area contributed by atoms with Crippen LogP contribution in [0.4, 0.5) is 0 Å².